The number of nitrogens with one attached hydrogen (secondary N) is 1. The van der Waals surface area contributed by atoms with Crippen molar-refractivity contribution in [3.05, 3.63) is 59.4 Å². The fraction of sp³-hybridized carbons (Fsp3) is 0.350. The molecule has 29 heavy (non-hydrogen) atoms. The molecule has 0 aliphatic carbocycles. The number of halogens is 1. The first-order chi connectivity index (χ1) is 13.8. The number of hydrogen-bond acceptors (Lipinski definition) is 5. The highest BCUT2D eigenvalue weighted by Crippen LogP contribution is 2.26. The van der Waals surface area contributed by atoms with Crippen LogP contribution in [-0.2, 0) is 16.6 Å². The van der Waals surface area contributed by atoms with Gasteiger partial charge in [0.2, 0.25) is 10.0 Å². The number of carboxylic acids is 1. The minimum atomic E-state index is -3.57. The Hall–Kier alpha value is -2.65. The van der Waals surface area contributed by atoms with Crippen LogP contribution in [0.3, 0.4) is 0 Å². The minimum Gasteiger partial charge on any atom is -0.478 e. The van der Waals surface area contributed by atoms with E-state index >= 15 is 0 Å². The molecule has 0 saturated carbocycles. The van der Waals surface area contributed by atoms with Gasteiger partial charge in [0.15, 0.2) is 0 Å². The zero-order valence-corrected chi connectivity index (χ0v) is 17.0. The van der Waals surface area contributed by atoms with Gasteiger partial charge in [-0.1, -0.05) is 18.2 Å². The second kappa shape index (κ2) is 8.79. The molecule has 1 saturated heterocycles. The smallest absolute Gasteiger partial charge is 0.337 e. The minimum absolute atomic E-state index is 0.0567. The third-order valence-electron chi connectivity index (χ3n) is 4.97. The topological polar surface area (TPSA) is 90.0 Å². The van der Waals surface area contributed by atoms with Gasteiger partial charge in [-0.25, -0.2) is 17.6 Å². The Bertz CT molecular complexity index is 989. The molecule has 1 fully saturated rings. The van der Waals surface area contributed by atoms with Crippen LogP contribution < -0.4 is 9.62 Å². The van der Waals surface area contributed by atoms with Crippen molar-refractivity contribution < 1.29 is 22.7 Å². The van der Waals surface area contributed by atoms with Crippen LogP contribution in [0.25, 0.3) is 0 Å². The molecule has 156 valence electrons. The van der Waals surface area contributed by atoms with Crippen molar-refractivity contribution in [2.24, 2.45) is 0 Å². The number of rotatable bonds is 7. The first-order valence-electron chi connectivity index (χ1n) is 9.37. The SMILES string of the molecule is CCS(=O)(=O)Nc1ccc(N2CCN(Cc3ccccc3F)CC2)cc1C(=O)O. The van der Waals surface area contributed by atoms with Crippen LogP contribution in [0, 0.1) is 5.82 Å². The summed E-state index contributed by atoms with van der Waals surface area (Å²) in [6, 6.07) is 11.4. The number of benzene rings is 2. The van der Waals surface area contributed by atoms with Gasteiger partial charge in [0.05, 0.1) is 17.0 Å². The normalized spacial score (nSPS) is 15.3. The number of nitrogens with zero attached hydrogens (tertiary/aromatic N) is 2. The van der Waals surface area contributed by atoms with Crippen molar-refractivity contribution >= 4 is 27.4 Å². The molecule has 3 rings (SSSR count). The first kappa shape index (κ1) is 21.1. The van der Waals surface area contributed by atoms with Crippen molar-refractivity contribution in [2.45, 2.75) is 13.5 Å². The van der Waals surface area contributed by atoms with Crippen LogP contribution >= 0.6 is 0 Å². The molecular weight excluding hydrogens is 397 g/mol. The second-order valence-electron chi connectivity index (χ2n) is 6.90. The van der Waals surface area contributed by atoms with Crippen molar-refractivity contribution in [3.8, 4) is 0 Å². The van der Waals surface area contributed by atoms with E-state index < -0.39 is 16.0 Å². The lowest BCUT2D eigenvalue weighted by molar-refractivity contribution is 0.0698. The molecule has 9 heteroatoms. The monoisotopic (exact) mass is 421 g/mol. The van der Waals surface area contributed by atoms with E-state index in [1.807, 2.05) is 11.0 Å². The molecule has 2 aromatic carbocycles. The van der Waals surface area contributed by atoms with E-state index in [0.29, 0.717) is 44.0 Å². The largest absolute Gasteiger partial charge is 0.478 e. The van der Waals surface area contributed by atoms with Gasteiger partial charge in [0, 0.05) is 44.0 Å². The molecule has 0 atom stereocenters. The molecular formula is C20H24FN3O4S. The van der Waals surface area contributed by atoms with E-state index in [9.17, 15) is 22.7 Å². The third kappa shape index (κ3) is 5.24. The van der Waals surface area contributed by atoms with Gasteiger partial charge in [-0.05, 0) is 31.2 Å². The lowest BCUT2D eigenvalue weighted by Gasteiger charge is -2.36. The maximum absolute atomic E-state index is 13.8. The number of sulfonamides is 1. The molecule has 1 heterocycles. The average Bonchev–Trinajstić information content (AvgIpc) is 2.70. The molecule has 0 bridgehead atoms. The molecule has 0 spiro atoms. The number of aromatic carboxylic acids is 1. The van der Waals surface area contributed by atoms with Gasteiger partial charge in [-0.3, -0.25) is 9.62 Å². The first-order valence-corrected chi connectivity index (χ1v) is 11.0. The molecule has 2 N–H and O–H groups in total. The molecule has 2 aromatic rings. The van der Waals surface area contributed by atoms with Crippen LogP contribution in [0.15, 0.2) is 42.5 Å². The van der Waals surface area contributed by atoms with E-state index in [4.69, 9.17) is 0 Å². The van der Waals surface area contributed by atoms with Crippen LogP contribution in [0.2, 0.25) is 0 Å². The summed E-state index contributed by atoms with van der Waals surface area (Å²) >= 11 is 0. The molecule has 0 amide bonds. The van der Waals surface area contributed by atoms with Gasteiger partial charge >= 0.3 is 5.97 Å². The van der Waals surface area contributed by atoms with E-state index in [1.165, 1.54) is 25.1 Å². The molecule has 1 aliphatic heterocycles. The summed E-state index contributed by atoms with van der Waals surface area (Å²) in [5.74, 6) is -1.55. The summed E-state index contributed by atoms with van der Waals surface area (Å²) in [6.45, 7) is 4.75. The Balaban J connectivity index is 1.69. The summed E-state index contributed by atoms with van der Waals surface area (Å²) in [7, 11) is -3.57. The predicted octanol–water partition coefficient (Wildman–Crippen LogP) is 2.61. The van der Waals surface area contributed by atoms with Gasteiger partial charge < -0.3 is 10.0 Å². The number of carbonyl (C=O) groups is 1. The van der Waals surface area contributed by atoms with Crippen LogP contribution in [0.5, 0.6) is 0 Å². The number of hydrogen-bond donors (Lipinski definition) is 2. The zero-order valence-electron chi connectivity index (χ0n) is 16.1. The summed E-state index contributed by atoms with van der Waals surface area (Å²) < 4.78 is 39.7. The van der Waals surface area contributed by atoms with Crippen LogP contribution in [-0.4, -0.2) is 56.3 Å². The van der Waals surface area contributed by atoms with E-state index in [1.54, 1.807) is 18.2 Å². The Morgan fingerprint density at radius 3 is 2.45 bits per heavy atom. The fourth-order valence-electron chi connectivity index (χ4n) is 3.27. The van der Waals surface area contributed by atoms with E-state index in [0.717, 1.165) is 0 Å². The summed E-state index contributed by atoms with van der Waals surface area (Å²) in [4.78, 5) is 15.8. The molecule has 0 unspecified atom stereocenters. The number of piperazine rings is 1. The number of carboxylic acid groups (broad SMARTS) is 1. The lowest BCUT2D eigenvalue weighted by Crippen LogP contribution is -2.46. The van der Waals surface area contributed by atoms with Crippen molar-refractivity contribution in [3.63, 3.8) is 0 Å². The molecule has 7 nitrogen and oxygen atoms in total. The Kier molecular flexibility index (Phi) is 6.39. The predicted molar refractivity (Wildman–Crippen MR) is 110 cm³/mol. The molecule has 0 aromatic heterocycles. The van der Waals surface area contributed by atoms with Crippen molar-refractivity contribution in [2.75, 3.05) is 41.6 Å². The Morgan fingerprint density at radius 2 is 1.83 bits per heavy atom. The van der Waals surface area contributed by atoms with Gasteiger partial charge in [-0.2, -0.15) is 0 Å². The van der Waals surface area contributed by atoms with Crippen LogP contribution in [0.1, 0.15) is 22.8 Å². The van der Waals surface area contributed by atoms with E-state index in [2.05, 4.69) is 9.62 Å². The molecule has 0 radical (unpaired) electrons. The third-order valence-corrected chi connectivity index (χ3v) is 6.26. The van der Waals surface area contributed by atoms with Gasteiger partial charge in [0.1, 0.15) is 5.82 Å². The highest BCUT2D eigenvalue weighted by atomic mass is 32.2. The standard InChI is InChI=1S/C20H24FN3O4S/c1-2-29(27,28)22-19-8-7-16(13-17(19)20(25)26)24-11-9-23(10-12-24)14-15-5-3-4-6-18(15)21/h3-8,13,22H,2,9-12,14H2,1H3,(H,25,26). The van der Waals surface area contributed by atoms with Gasteiger partial charge in [0.25, 0.3) is 0 Å². The quantitative estimate of drug-likeness (QED) is 0.714. The maximum Gasteiger partial charge on any atom is 0.337 e. The number of anilines is 2. The maximum atomic E-state index is 13.8. The van der Waals surface area contributed by atoms with Crippen molar-refractivity contribution in [1.29, 1.82) is 0 Å². The Morgan fingerprint density at radius 1 is 1.14 bits per heavy atom. The highest BCUT2D eigenvalue weighted by molar-refractivity contribution is 7.92. The van der Waals surface area contributed by atoms with Crippen molar-refractivity contribution in [1.82, 2.24) is 4.90 Å². The summed E-state index contributed by atoms with van der Waals surface area (Å²) in [6.07, 6.45) is 0. The second-order valence-corrected chi connectivity index (χ2v) is 8.91. The summed E-state index contributed by atoms with van der Waals surface area (Å²) in [5, 5.41) is 9.49. The van der Waals surface area contributed by atoms with Crippen LogP contribution in [0.4, 0.5) is 15.8 Å². The Labute approximate surface area is 169 Å². The van der Waals surface area contributed by atoms with E-state index in [-0.39, 0.29) is 22.8 Å². The highest BCUT2D eigenvalue weighted by Gasteiger charge is 2.21. The fourth-order valence-corrected chi connectivity index (χ4v) is 3.92. The zero-order chi connectivity index (χ0) is 21.0. The summed E-state index contributed by atoms with van der Waals surface area (Å²) in [5.41, 5.74) is 1.34. The lowest BCUT2D eigenvalue weighted by atomic mass is 10.1. The average molecular weight is 421 g/mol. The molecule has 1 aliphatic rings. The van der Waals surface area contributed by atoms with Gasteiger partial charge in [-0.15, -0.1) is 0 Å².